The Morgan fingerprint density at radius 3 is 1.62 bits per heavy atom. The van der Waals surface area contributed by atoms with Crippen molar-refractivity contribution < 1.29 is 9.47 Å². The average molecular weight is 349 g/mol. The number of pyridine rings is 1. The molecule has 5 heteroatoms. The van der Waals surface area contributed by atoms with Gasteiger partial charge in [-0.15, -0.1) is 0 Å². The molecular weight excluding hydrogens is 326 g/mol. The molecule has 26 heavy (non-hydrogen) atoms. The smallest absolute Gasteiger partial charge is 0.120 e. The molecule has 5 nitrogen and oxygen atoms in total. The first-order valence-electron chi connectivity index (χ1n) is 8.47. The van der Waals surface area contributed by atoms with E-state index in [1.165, 1.54) is 0 Å². The Morgan fingerprint density at radius 1 is 0.692 bits per heavy atom. The molecule has 134 valence electrons. The minimum atomic E-state index is 0.653. The molecule has 0 radical (unpaired) electrons. The van der Waals surface area contributed by atoms with Crippen LogP contribution in [0.4, 0.5) is 11.4 Å². The molecule has 0 aliphatic heterocycles. The summed E-state index contributed by atoms with van der Waals surface area (Å²) in [5.74, 6) is 1.67. The van der Waals surface area contributed by atoms with Crippen LogP contribution in [0.25, 0.3) is 0 Å². The lowest BCUT2D eigenvalue weighted by atomic mass is 10.2. The highest BCUT2D eigenvalue weighted by atomic mass is 16.5. The Kier molecular flexibility index (Phi) is 5.93. The first-order valence-corrected chi connectivity index (χ1v) is 8.47. The summed E-state index contributed by atoms with van der Waals surface area (Å²) in [6.45, 7) is 1.31. The van der Waals surface area contributed by atoms with E-state index in [9.17, 15) is 0 Å². The molecule has 1 aromatic heterocycles. The molecule has 1 heterocycles. The summed E-state index contributed by atoms with van der Waals surface area (Å²) >= 11 is 0. The first kappa shape index (κ1) is 17.6. The number of anilines is 2. The summed E-state index contributed by atoms with van der Waals surface area (Å²) in [7, 11) is 3.33. The third-order valence-electron chi connectivity index (χ3n) is 3.95. The molecule has 0 fully saturated rings. The second-order valence-corrected chi connectivity index (χ2v) is 5.79. The monoisotopic (exact) mass is 349 g/mol. The van der Waals surface area contributed by atoms with Gasteiger partial charge < -0.3 is 20.1 Å². The fraction of sp³-hybridized carbons (Fsp3) is 0.190. The maximum absolute atomic E-state index is 5.24. The molecule has 3 aromatic rings. The minimum Gasteiger partial charge on any atom is -0.497 e. The van der Waals surface area contributed by atoms with Crippen LogP contribution in [0.1, 0.15) is 11.4 Å². The lowest BCUT2D eigenvalue weighted by molar-refractivity contribution is 0.415. The summed E-state index contributed by atoms with van der Waals surface area (Å²) in [6, 6.07) is 21.8. The van der Waals surface area contributed by atoms with Gasteiger partial charge in [-0.1, -0.05) is 18.2 Å². The predicted octanol–water partition coefficient (Wildman–Crippen LogP) is 4.32. The van der Waals surface area contributed by atoms with E-state index in [4.69, 9.17) is 14.5 Å². The van der Waals surface area contributed by atoms with Gasteiger partial charge in [0.2, 0.25) is 0 Å². The molecule has 2 aromatic carbocycles. The maximum atomic E-state index is 5.24. The third-order valence-corrected chi connectivity index (χ3v) is 3.95. The minimum absolute atomic E-state index is 0.653. The van der Waals surface area contributed by atoms with E-state index in [1.807, 2.05) is 66.7 Å². The zero-order valence-corrected chi connectivity index (χ0v) is 15.0. The van der Waals surface area contributed by atoms with Crippen molar-refractivity contribution >= 4 is 11.4 Å². The van der Waals surface area contributed by atoms with E-state index in [0.29, 0.717) is 13.1 Å². The quantitative estimate of drug-likeness (QED) is 0.634. The molecule has 0 aliphatic carbocycles. The molecule has 0 bridgehead atoms. The zero-order chi connectivity index (χ0) is 18.2. The largest absolute Gasteiger partial charge is 0.497 e. The van der Waals surface area contributed by atoms with Crippen molar-refractivity contribution in [2.45, 2.75) is 13.1 Å². The Hall–Kier alpha value is -3.21. The van der Waals surface area contributed by atoms with E-state index in [2.05, 4.69) is 10.6 Å². The number of hydrogen-bond donors (Lipinski definition) is 2. The normalized spacial score (nSPS) is 10.2. The summed E-state index contributed by atoms with van der Waals surface area (Å²) in [5, 5.41) is 6.74. The topological polar surface area (TPSA) is 55.4 Å². The SMILES string of the molecule is COc1cccc(NCc2cccc(CNc3cccc(OC)c3)n2)c1. The van der Waals surface area contributed by atoms with Crippen LogP contribution in [0.5, 0.6) is 11.5 Å². The second kappa shape index (κ2) is 8.76. The van der Waals surface area contributed by atoms with Crippen molar-refractivity contribution in [1.82, 2.24) is 4.98 Å². The average Bonchev–Trinajstić information content (AvgIpc) is 2.71. The number of benzene rings is 2. The van der Waals surface area contributed by atoms with Gasteiger partial charge >= 0.3 is 0 Å². The molecule has 0 aliphatic rings. The van der Waals surface area contributed by atoms with Crippen molar-refractivity contribution in [3.63, 3.8) is 0 Å². The van der Waals surface area contributed by atoms with E-state index < -0.39 is 0 Å². The van der Waals surface area contributed by atoms with E-state index in [-0.39, 0.29) is 0 Å². The summed E-state index contributed by atoms with van der Waals surface area (Å²) in [4.78, 5) is 4.70. The highest BCUT2D eigenvalue weighted by molar-refractivity contribution is 5.49. The fourth-order valence-corrected chi connectivity index (χ4v) is 2.58. The number of nitrogens with one attached hydrogen (secondary N) is 2. The lowest BCUT2D eigenvalue weighted by Crippen LogP contribution is -2.06. The van der Waals surface area contributed by atoms with Crippen LogP contribution in [0.3, 0.4) is 0 Å². The number of ether oxygens (including phenoxy) is 2. The van der Waals surface area contributed by atoms with Crippen molar-refractivity contribution in [1.29, 1.82) is 0 Å². The molecule has 0 amide bonds. The van der Waals surface area contributed by atoms with E-state index in [0.717, 1.165) is 34.3 Å². The molecule has 0 saturated carbocycles. The highest BCUT2D eigenvalue weighted by Crippen LogP contribution is 2.18. The fourth-order valence-electron chi connectivity index (χ4n) is 2.58. The van der Waals surface area contributed by atoms with Crippen LogP contribution in [-0.2, 0) is 13.1 Å². The number of methoxy groups -OCH3 is 2. The van der Waals surface area contributed by atoms with E-state index >= 15 is 0 Å². The van der Waals surface area contributed by atoms with Gasteiger partial charge in [0.15, 0.2) is 0 Å². The molecular formula is C21H23N3O2. The number of aromatic nitrogens is 1. The van der Waals surface area contributed by atoms with Crippen LogP contribution < -0.4 is 20.1 Å². The molecule has 0 unspecified atom stereocenters. The van der Waals surface area contributed by atoms with Crippen LogP contribution in [0.15, 0.2) is 66.7 Å². The van der Waals surface area contributed by atoms with Gasteiger partial charge in [-0.3, -0.25) is 4.98 Å². The van der Waals surface area contributed by atoms with Gasteiger partial charge in [-0.05, 0) is 36.4 Å². The van der Waals surface area contributed by atoms with Crippen LogP contribution in [-0.4, -0.2) is 19.2 Å². The maximum Gasteiger partial charge on any atom is 0.120 e. The van der Waals surface area contributed by atoms with Gasteiger partial charge in [-0.2, -0.15) is 0 Å². The van der Waals surface area contributed by atoms with Gasteiger partial charge in [0.25, 0.3) is 0 Å². The lowest BCUT2D eigenvalue weighted by Gasteiger charge is -2.10. The van der Waals surface area contributed by atoms with Crippen molar-refractivity contribution in [2.75, 3.05) is 24.9 Å². The molecule has 0 spiro atoms. The number of hydrogen-bond acceptors (Lipinski definition) is 5. The zero-order valence-electron chi connectivity index (χ0n) is 15.0. The Bertz CT molecular complexity index is 785. The van der Waals surface area contributed by atoms with Gasteiger partial charge in [0.05, 0.1) is 38.7 Å². The predicted molar refractivity (Wildman–Crippen MR) is 105 cm³/mol. The van der Waals surface area contributed by atoms with Crippen LogP contribution >= 0.6 is 0 Å². The standard InChI is InChI=1S/C21H23N3O2/c1-25-20-10-4-6-16(12-20)22-14-18-8-3-9-19(24-18)15-23-17-7-5-11-21(13-17)26-2/h3-13,22-23H,14-15H2,1-2H3. The van der Waals surface area contributed by atoms with Crippen LogP contribution in [0, 0.1) is 0 Å². The Labute approximate surface area is 154 Å². The van der Waals surface area contributed by atoms with Crippen molar-refractivity contribution in [3.05, 3.63) is 78.1 Å². The van der Waals surface area contributed by atoms with Gasteiger partial charge in [0, 0.05) is 23.5 Å². The second-order valence-electron chi connectivity index (χ2n) is 5.79. The van der Waals surface area contributed by atoms with Gasteiger partial charge in [-0.25, -0.2) is 0 Å². The van der Waals surface area contributed by atoms with Crippen LogP contribution in [0.2, 0.25) is 0 Å². The van der Waals surface area contributed by atoms with E-state index in [1.54, 1.807) is 14.2 Å². The van der Waals surface area contributed by atoms with Crippen molar-refractivity contribution in [2.24, 2.45) is 0 Å². The summed E-state index contributed by atoms with van der Waals surface area (Å²) in [5.41, 5.74) is 3.98. The number of nitrogens with zero attached hydrogens (tertiary/aromatic N) is 1. The molecule has 3 rings (SSSR count). The van der Waals surface area contributed by atoms with Crippen molar-refractivity contribution in [3.8, 4) is 11.5 Å². The van der Waals surface area contributed by atoms with Gasteiger partial charge in [0.1, 0.15) is 11.5 Å². The molecule has 0 atom stereocenters. The summed E-state index contributed by atoms with van der Waals surface area (Å²) in [6.07, 6.45) is 0. The Morgan fingerprint density at radius 2 is 1.15 bits per heavy atom. The summed E-state index contributed by atoms with van der Waals surface area (Å²) < 4.78 is 10.5. The third kappa shape index (κ3) is 4.89. The Balaban J connectivity index is 1.58. The first-order chi connectivity index (χ1) is 12.8. The number of rotatable bonds is 8. The molecule has 2 N–H and O–H groups in total. The highest BCUT2D eigenvalue weighted by Gasteiger charge is 2.01. The molecule has 0 saturated heterocycles.